The standard InChI is InChI=1S/C18H20N2O3S/c1-3-23-18(22)15-13-9-10-20(2)11-14(13)24-17(15)19-16(21)12-7-5-4-6-8-12/h4-8H,3,9-11H2,1-2H3,(H,19,21)/p+1. The Labute approximate surface area is 145 Å². The van der Waals surface area contributed by atoms with Gasteiger partial charge in [0.2, 0.25) is 0 Å². The van der Waals surface area contributed by atoms with Gasteiger partial charge in [-0.3, -0.25) is 4.79 Å². The van der Waals surface area contributed by atoms with Crippen molar-refractivity contribution in [3.63, 3.8) is 0 Å². The maximum atomic E-state index is 12.5. The van der Waals surface area contributed by atoms with Gasteiger partial charge in [-0.25, -0.2) is 4.79 Å². The number of hydrogen-bond donors (Lipinski definition) is 2. The van der Waals surface area contributed by atoms with Crippen LogP contribution in [0.5, 0.6) is 0 Å². The van der Waals surface area contributed by atoms with Crippen LogP contribution in [0.25, 0.3) is 0 Å². The molecule has 1 aromatic carbocycles. The molecule has 0 aliphatic carbocycles. The third-order valence-electron chi connectivity index (χ3n) is 4.10. The van der Waals surface area contributed by atoms with Crippen molar-refractivity contribution < 1.29 is 19.2 Å². The predicted octanol–water partition coefficient (Wildman–Crippen LogP) is 1.75. The summed E-state index contributed by atoms with van der Waals surface area (Å²) in [5, 5.41) is 3.51. The monoisotopic (exact) mass is 345 g/mol. The van der Waals surface area contributed by atoms with E-state index in [-0.39, 0.29) is 11.9 Å². The highest BCUT2D eigenvalue weighted by Crippen LogP contribution is 2.35. The first kappa shape index (κ1) is 16.7. The van der Waals surface area contributed by atoms with E-state index in [9.17, 15) is 9.59 Å². The third kappa shape index (κ3) is 3.34. The molecule has 1 aliphatic rings. The van der Waals surface area contributed by atoms with Crippen molar-refractivity contribution in [1.82, 2.24) is 0 Å². The van der Waals surface area contributed by atoms with Gasteiger partial charge >= 0.3 is 5.97 Å². The zero-order chi connectivity index (χ0) is 17.1. The van der Waals surface area contributed by atoms with E-state index in [4.69, 9.17) is 4.74 Å². The number of fused-ring (bicyclic) bond motifs is 1. The minimum atomic E-state index is -0.349. The Bertz CT molecular complexity index is 755. The number of anilines is 1. The van der Waals surface area contributed by atoms with E-state index < -0.39 is 0 Å². The highest BCUT2D eigenvalue weighted by atomic mass is 32.1. The largest absolute Gasteiger partial charge is 0.462 e. The first-order valence-corrected chi connectivity index (χ1v) is 8.91. The van der Waals surface area contributed by atoms with Gasteiger partial charge in [0.25, 0.3) is 5.91 Å². The SMILES string of the molecule is CCOC(=O)c1c(NC(=O)c2ccccc2)sc2c1CC[NH+](C)C2. The van der Waals surface area contributed by atoms with Crippen LogP contribution in [-0.2, 0) is 17.7 Å². The van der Waals surface area contributed by atoms with Gasteiger partial charge in [0.05, 0.1) is 30.6 Å². The van der Waals surface area contributed by atoms with Crippen LogP contribution < -0.4 is 10.2 Å². The van der Waals surface area contributed by atoms with Gasteiger partial charge in [-0.1, -0.05) is 18.2 Å². The molecule has 2 heterocycles. The fourth-order valence-corrected chi connectivity index (χ4v) is 4.24. The number of esters is 1. The summed E-state index contributed by atoms with van der Waals surface area (Å²) in [6.45, 7) is 3.95. The number of benzene rings is 1. The quantitative estimate of drug-likeness (QED) is 0.830. The summed E-state index contributed by atoms with van der Waals surface area (Å²) in [6, 6.07) is 9.01. The van der Waals surface area contributed by atoms with Gasteiger partial charge in [0, 0.05) is 12.0 Å². The van der Waals surface area contributed by atoms with Gasteiger partial charge in [-0.05, 0) is 24.6 Å². The molecule has 1 atom stereocenters. The van der Waals surface area contributed by atoms with Crippen LogP contribution in [-0.4, -0.2) is 32.1 Å². The van der Waals surface area contributed by atoms with E-state index in [2.05, 4.69) is 12.4 Å². The van der Waals surface area contributed by atoms with Gasteiger partial charge in [-0.2, -0.15) is 0 Å². The van der Waals surface area contributed by atoms with Crippen LogP contribution in [0.3, 0.4) is 0 Å². The van der Waals surface area contributed by atoms with Crippen molar-refractivity contribution in [3.05, 3.63) is 51.9 Å². The molecule has 0 bridgehead atoms. The number of likely N-dealkylation sites (N-methyl/N-ethyl adjacent to an activating group) is 1. The second-order valence-electron chi connectivity index (χ2n) is 5.88. The molecular weight excluding hydrogens is 324 g/mol. The number of amides is 1. The van der Waals surface area contributed by atoms with Crippen LogP contribution >= 0.6 is 11.3 Å². The lowest BCUT2D eigenvalue weighted by Crippen LogP contribution is -3.08. The van der Waals surface area contributed by atoms with Crippen LogP contribution in [0.4, 0.5) is 5.00 Å². The first-order valence-electron chi connectivity index (χ1n) is 8.09. The van der Waals surface area contributed by atoms with E-state index in [0.29, 0.717) is 22.7 Å². The fraction of sp³-hybridized carbons (Fsp3) is 0.333. The van der Waals surface area contributed by atoms with Crippen molar-refractivity contribution in [2.75, 3.05) is 25.5 Å². The highest BCUT2D eigenvalue weighted by Gasteiger charge is 2.30. The fourth-order valence-electron chi connectivity index (χ4n) is 2.89. The zero-order valence-corrected chi connectivity index (χ0v) is 14.7. The summed E-state index contributed by atoms with van der Waals surface area (Å²) >= 11 is 1.49. The average Bonchev–Trinajstić information content (AvgIpc) is 2.92. The number of carbonyl (C=O) groups excluding carboxylic acids is 2. The average molecular weight is 345 g/mol. The van der Waals surface area contributed by atoms with Gasteiger partial charge in [0.1, 0.15) is 11.5 Å². The molecule has 2 N–H and O–H groups in total. The maximum Gasteiger partial charge on any atom is 0.341 e. The minimum absolute atomic E-state index is 0.208. The number of carbonyl (C=O) groups is 2. The van der Waals surface area contributed by atoms with Crippen LogP contribution in [0, 0.1) is 0 Å². The predicted molar refractivity (Wildman–Crippen MR) is 93.8 cm³/mol. The third-order valence-corrected chi connectivity index (χ3v) is 5.24. The van der Waals surface area contributed by atoms with Crippen molar-refractivity contribution in [2.24, 2.45) is 0 Å². The summed E-state index contributed by atoms with van der Waals surface area (Å²) in [7, 11) is 2.13. The minimum Gasteiger partial charge on any atom is -0.462 e. The molecule has 6 heteroatoms. The second-order valence-corrected chi connectivity index (χ2v) is 6.99. The van der Waals surface area contributed by atoms with E-state index >= 15 is 0 Å². The van der Waals surface area contributed by atoms with Gasteiger partial charge in [-0.15, -0.1) is 11.3 Å². The normalized spacial score (nSPS) is 16.3. The number of hydrogen-bond acceptors (Lipinski definition) is 4. The summed E-state index contributed by atoms with van der Waals surface area (Å²) in [5.74, 6) is -0.557. The Morgan fingerprint density at radius 3 is 2.75 bits per heavy atom. The van der Waals surface area contributed by atoms with Crippen LogP contribution in [0.2, 0.25) is 0 Å². The van der Waals surface area contributed by atoms with Crippen molar-refractivity contribution >= 4 is 28.2 Å². The smallest absolute Gasteiger partial charge is 0.341 e. The molecule has 3 rings (SSSR count). The molecule has 126 valence electrons. The van der Waals surface area contributed by atoms with E-state index in [1.807, 2.05) is 18.2 Å². The highest BCUT2D eigenvalue weighted by molar-refractivity contribution is 7.17. The molecule has 2 aromatic rings. The lowest BCUT2D eigenvalue weighted by Gasteiger charge is -2.19. The number of quaternary nitrogens is 1. The molecule has 0 spiro atoms. The van der Waals surface area contributed by atoms with E-state index in [1.165, 1.54) is 16.2 Å². The van der Waals surface area contributed by atoms with Gasteiger partial charge in [0.15, 0.2) is 0 Å². The Hall–Kier alpha value is -2.18. The molecule has 0 radical (unpaired) electrons. The van der Waals surface area contributed by atoms with Crippen molar-refractivity contribution in [3.8, 4) is 0 Å². The Morgan fingerprint density at radius 1 is 1.29 bits per heavy atom. The molecule has 1 unspecified atom stereocenters. The molecule has 24 heavy (non-hydrogen) atoms. The number of rotatable bonds is 4. The Kier molecular flexibility index (Phi) is 4.97. The molecule has 0 fully saturated rings. The summed E-state index contributed by atoms with van der Waals surface area (Å²) in [5.41, 5.74) is 2.14. The van der Waals surface area contributed by atoms with Crippen molar-refractivity contribution in [2.45, 2.75) is 19.9 Å². The first-order chi connectivity index (χ1) is 11.6. The maximum absolute atomic E-state index is 12.5. The molecule has 1 aliphatic heterocycles. The summed E-state index contributed by atoms with van der Waals surface area (Å²) in [4.78, 5) is 27.4. The molecular formula is C18H21N2O3S+. The van der Waals surface area contributed by atoms with E-state index in [0.717, 1.165) is 30.0 Å². The lowest BCUT2D eigenvalue weighted by atomic mass is 10.0. The van der Waals surface area contributed by atoms with Crippen molar-refractivity contribution in [1.29, 1.82) is 0 Å². The summed E-state index contributed by atoms with van der Waals surface area (Å²) < 4.78 is 5.22. The van der Waals surface area contributed by atoms with Gasteiger partial charge < -0.3 is 15.0 Å². The second kappa shape index (κ2) is 7.15. The molecule has 0 saturated carbocycles. The molecule has 5 nitrogen and oxygen atoms in total. The molecule has 1 aromatic heterocycles. The van der Waals surface area contributed by atoms with Crippen LogP contribution in [0.1, 0.15) is 38.1 Å². The molecule has 1 amide bonds. The van der Waals surface area contributed by atoms with E-state index in [1.54, 1.807) is 19.1 Å². The molecule has 0 saturated heterocycles. The number of thiophene rings is 1. The topological polar surface area (TPSA) is 59.8 Å². The number of ether oxygens (including phenoxy) is 1. The zero-order valence-electron chi connectivity index (χ0n) is 13.8. The lowest BCUT2D eigenvalue weighted by molar-refractivity contribution is -0.895. The Morgan fingerprint density at radius 2 is 2.04 bits per heavy atom. The van der Waals surface area contributed by atoms with Crippen LogP contribution in [0.15, 0.2) is 30.3 Å². The Balaban J connectivity index is 1.94. The summed E-state index contributed by atoms with van der Waals surface area (Å²) in [6.07, 6.45) is 0.826. The number of nitrogens with one attached hydrogen (secondary N) is 2.